The summed E-state index contributed by atoms with van der Waals surface area (Å²) in [6.07, 6.45) is 3.31. The lowest BCUT2D eigenvalue weighted by atomic mass is 10.3. The first-order chi connectivity index (χ1) is 9.70. The highest BCUT2D eigenvalue weighted by Crippen LogP contribution is 2.26. The summed E-state index contributed by atoms with van der Waals surface area (Å²) in [7, 11) is 0. The molecule has 0 aliphatic rings. The van der Waals surface area contributed by atoms with Gasteiger partial charge in [0.25, 0.3) is 0 Å². The van der Waals surface area contributed by atoms with E-state index in [1.807, 2.05) is 31.2 Å². The molecule has 2 aromatic rings. The van der Waals surface area contributed by atoms with Crippen LogP contribution in [0.5, 0.6) is 11.5 Å². The minimum atomic E-state index is -0.925. The molecular weight excluding hydrogens is 258 g/mol. The second-order valence-electron chi connectivity index (χ2n) is 4.17. The number of carbonyl (C=O) groups is 1. The molecule has 0 spiro atoms. The first-order valence-electron chi connectivity index (χ1n) is 6.44. The van der Waals surface area contributed by atoms with Gasteiger partial charge in [-0.2, -0.15) is 0 Å². The lowest BCUT2D eigenvalue weighted by Crippen LogP contribution is -2.07. The van der Waals surface area contributed by atoms with Crippen LogP contribution in [-0.4, -0.2) is 28.9 Å². The summed E-state index contributed by atoms with van der Waals surface area (Å²) in [4.78, 5) is 10.8. The SMILES string of the molecule is CCOc1ccccc1OCCn1ccc(C(=O)O)c1. The summed E-state index contributed by atoms with van der Waals surface area (Å²) in [6, 6.07) is 9.05. The molecule has 0 fully saturated rings. The highest BCUT2D eigenvalue weighted by molar-refractivity contribution is 5.87. The van der Waals surface area contributed by atoms with Crippen LogP contribution < -0.4 is 9.47 Å². The van der Waals surface area contributed by atoms with Crippen molar-refractivity contribution >= 4 is 5.97 Å². The van der Waals surface area contributed by atoms with Crippen molar-refractivity contribution in [2.45, 2.75) is 13.5 Å². The van der Waals surface area contributed by atoms with Gasteiger partial charge in [-0.1, -0.05) is 12.1 Å². The molecule has 1 heterocycles. The highest BCUT2D eigenvalue weighted by Gasteiger charge is 2.05. The molecule has 5 heteroatoms. The normalized spacial score (nSPS) is 10.2. The third kappa shape index (κ3) is 3.54. The van der Waals surface area contributed by atoms with Gasteiger partial charge in [0.15, 0.2) is 11.5 Å². The van der Waals surface area contributed by atoms with E-state index in [0.717, 1.165) is 0 Å². The molecule has 0 unspecified atom stereocenters. The fraction of sp³-hybridized carbons (Fsp3) is 0.267. The Hall–Kier alpha value is -2.43. The van der Waals surface area contributed by atoms with Crippen LogP contribution >= 0.6 is 0 Å². The molecule has 5 nitrogen and oxygen atoms in total. The molecule has 0 aliphatic heterocycles. The van der Waals surface area contributed by atoms with Crippen molar-refractivity contribution in [2.24, 2.45) is 0 Å². The zero-order valence-corrected chi connectivity index (χ0v) is 11.3. The average molecular weight is 275 g/mol. The minimum Gasteiger partial charge on any atom is -0.490 e. The van der Waals surface area contributed by atoms with E-state index in [-0.39, 0.29) is 5.56 Å². The van der Waals surface area contributed by atoms with Crippen molar-refractivity contribution in [1.82, 2.24) is 4.57 Å². The van der Waals surface area contributed by atoms with E-state index in [9.17, 15) is 4.79 Å². The van der Waals surface area contributed by atoms with Crippen molar-refractivity contribution < 1.29 is 19.4 Å². The van der Waals surface area contributed by atoms with Crippen molar-refractivity contribution in [3.8, 4) is 11.5 Å². The maximum absolute atomic E-state index is 10.8. The molecule has 1 N–H and O–H groups in total. The second-order valence-corrected chi connectivity index (χ2v) is 4.17. The maximum atomic E-state index is 10.8. The Labute approximate surface area is 117 Å². The summed E-state index contributed by atoms with van der Waals surface area (Å²) in [5, 5.41) is 8.84. The van der Waals surface area contributed by atoms with Crippen LogP contribution in [0.3, 0.4) is 0 Å². The Balaban J connectivity index is 1.90. The molecule has 0 amide bonds. The maximum Gasteiger partial charge on any atom is 0.337 e. The summed E-state index contributed by atoms with van der Waals surface area (Å²) < 4.78 is 12.9. The molecule has 0 atom stereocenters. The quantitative estimate of drug-likeness (QED) is 0.844. The van der Waals surface area contributed by atoms with Gasteiger partial charge in [-0.3, -0.25) is 0 Å². The molecule has 20 heavy (non-hydrogen) atoms. The third-order valence-electron chi connectivity index (χ3n) is 2.75. The van der Waals surface area contributed by atoms with Gasteiger partial charge in [-0.15, -0.1) is 0 Å². The molecule has 0 radical (unpaired) electrons. The number of hydrogen-bond acceptors (Lipinski definition) is 3. The van der Waals surface area contributed by atoms with Crippen LogP contribution in [0.4, 0.5) is 0 Å². The van der Waals surface area contributed by atoms with Gasteiger partial charge in [0.2, 0.25) is 0 Å². The van der Waals surface area contributed by atoms with E-state index in [1.165, 1.54) is 0 Å². The van der Waals surface area contributed by atoms with Crippen LogP contribution in [0, 0.1) is 0 Å². The second kappa shape index (κ2) is 6.65. The van der Waals surface area contributed by atoms with Gasteiger partial charge in [0.1, 0.15) is 6.61 Å². The number of carboxylic acids is 1. The number of carboxylic acid groups (broad SMARTS) is 1. The summed E-state index contributed by atoms with van der Waals surface area (Å²) in [5.41, 5.74) is 0.278. The van der Waals surface area contributed by atoms with E-state index in [2.05, 4.69) is 0 Å². The molecule has 0 bridgehead atoms. The van der Waals surface area contributed by atoms with E-state index in [4.69, 9.17) is 14.6 Å². The van der Waals surface area contributed by atoms with Crippen molar-refractivity contribution in [3.63, 3.8) is 0 Å². The summed E-state index contributed by atoms with van der Waals surface area (Å²) >= 11 is 0. The van der Waals surface area contributed by atoms with Crippen molar-refractivity contribution in [2.75, 3.05) is 13.2 Å². The Morgan fingerprint density at radius 1 is 1.20 bits per heavy atom. The van der Waals surface area contributed by atoms with Crippen LogP contribution in [0.25, 0.3) is 0 Å². The minimum absolute atomic E-state index is 0.278. The van der Waals surface area contributed by atoms with Crippen LogP contribution in [0.1, 0.15) is 17.3 Å². The highest BCUT2D eigenvalue weighted by atomic mass is 16.5. The van der Waals surface area contributed by atoms with Gasteiger partial charge < -0.3 is 19.1 Å². The van der Waals surface area contributed by atoms with E-state index in [0.29, 0.717) is 31.3 Å². The Bertz CT molecular complexity index is 577. The Morgan fingerprint density at radius 2 is 1.90 bits per heavy atom. The number of benzene rings is 1. The molecule has 1 aromatic heterocycles. The summed E-state index contributed by atoms with van der Waals surface area (Å²) in [6.45, 7) is 3.52. The van der Waals surface area contributed by atoms with Crippen molar-refractivity contribution in [3.05, 3.63) is 48.3 Å². The zero-order chi connectivity index (χ0) is 14.4. The van der Waals surface area contributed by atoms with Gasteiger partial charge in [-0.25, -0.2) is 4.79 Å². The predicted molar refractivity (Wildman–Crippen MR) is 74.5 cm³/mol. The van der Waals surface area contributed by atoms with E-state index < -0.39 is 5.97 Å². The molecular formula is C15H17NO4. The van der Waals surface area contributed by atoms with Gasteiger partial charge in [-0.05, 0) is 25.1 Å². The lowest BCUT2D eigenvalue weighted by molar-refractivity contribution is 0.0696. The third-order valence-corrected chi connectivity index (χ3v) is 2.75. The Morgan fingerprint density at radius 3 is 2.50 bits per heavy atom. The zero-order valence-electron chi connectivity index (χ0n) is 11.3. The number of ether oxygens (including phenoxy) is 2. The number of para-hydroxylation sites is 2. The molecule has 106 valence electrons. The molecule has 0 saturated heterocycles. The number of hydrogen-bond donors (Lipinski definition) is 1. The van der Waals surface area contributed by atoms with E-state index >= 15 is 0 Å². The standard InChI is InChI=1S/C15H17NO4/c1-2-19-13-5-3-4-6-14(13)20-10-9-16-8-7-12(11-16)15(17)18/h3-8,11H,2,9-10H2,1H3,(H,17,18). The smallest absolute Gasteiger partial charge is 0.337 e. The van der Waals surface area contributed by atoms with E-state index in [1.54, 1.807) is 23.0 Å². The van der Waals surface area contributed by atoms with Crippen LogP contribution in [0.15, 0.2) is 42.7 Å². The molecule has 0 saturated carbocycles. The monoisotopic (exact) mass is 275 g/mol. The molecule has 2 rings (SSSR count). The summed E-state index contributed by atoms with van der Waals surface area (Å²) in [5.74, 6) is 0.486. The fourth-order valence-electron chi connectivity index (χ4n) is 1.81. The Kier molecular flexibility index (Phi) is 4.65. The van der Waals surface area contributed by atoms with Gasteiger partial charge in [0.05, 0.1) is 18.7 Å². The average Bonchev–Trinajstić information content (AvgIpc) is 2.90. The fourth-order valence-corrected chi connectivity index (χ4v) is 1.81. The van der Waals surface area contributed by atoms with Crippen LogP contribution in [-0.2, 0) is 6.54 Å². The van der Waals surface area contributed by atoms with Gasteiger partial charge >= 0.3 is 5.97 Å². The number of rotatable bonds is 7. The number of aromatic carboxylic acids is 1. The number of nitrogens with zero attached hydrogens (tertiary/aromatic N) is 1. The van der Waals surface area contributed by atoms with Crippen molar-refractivity contribution in [1.29, 1.82) is 0 Å². The molecule has 0 aliphatic carbocycles. The molecule has 1 aromatic carbocycles. The lowest BCUT2D eigenvalue weighted by Gasteiger charge is -2.11. The van der Waals surface area contributed by atoms with Crippen LogP contribution in [0.2, 0.25) is 0 Å². The first-order valence-corrected chi connectivity index (χ1v) is 6.44. The predicted octanol–water partition coefficient (Wildman–Crippen LogP) is 2.66. The number of aromatic nitrogens is 1. The van der Waals surface area contributed by atoms with Gasteiger partial charge in [0, 0.05) is 12.4 Å². The topological polar surface area (TPSA) is 60.7 Å². The first kappa shape index (κ1) is 14.0. The largest absolute Gasteiger partial charge is 0.490 e.